The van der Waals surface area contributed by atoms with E-state index in [1.807, 2.05) is 19.2 Å². The Labute approximate surface area is 117 Å². The molecule has 1 aromatic heterocycles. The number of benzene rings is 1. The van der Waals surface area contributed by atoms with Crippen LogP contribution >= 0.6 is 11.6 Å². The van der Waals surface area contributed by atoms with Crippen molar-refractivity contribution in [1.82, 2.24) is 9.78 Å². The zero-order valence-corrected chi connectivity index (χ0v) is 11.8. The number of aliphatic hydroxyl groups is 1. The Hall–Kier alpha value is -1.52. The Morgan fingerprint density at radius 1 is 1.47 bits per heavy atom. The third kappa shape index (κ3) is 3.28. The molecule has 1 unspecified atom stereocenters. The molecule has 0 radical (unpaired) electrons. The summed E-state index contributed by atoms with van der Waals surface area (Å²) >= 11 is 5.98. The van der Waals surface area contributed by atoms with E-state index in [1.165, 1.54) is 0 Å². The molecule has 1 atom stereocenters. The van der Waals surface area contributed by atoms with E-state index < -0.39 is 6.10 Å². The molecular weight excluding hydrogens is 264 g/mol. The Balaban J connectivity index is 2.18. The van der Waals surface area contributed by atoms with Crippen molar-refractivity contribution >= 4 is 11.6 Å². The molecule has 1 heterocycles. The highest BCUT2D eigenvalue weighted by Gasteiger charge is 2.14. The molecule has 19 heavy (non-hydrogen) atoms. The van der Waals surface area contributed by atoms with Crippen LogP contribution in [0.15, 0.2) is 30.6 Å². The molecular formula is C14H17ClN2O2. The third-order valence-corrected chi connectivity index (χ3v) is 3.25. The van der Waals surface area contributed by atoms with Gasteiger partial charge in [-0.15, -0.1) is 0 Å². The molecule has 0 fully saturated rings. The van der Waals surface area contributed by atoms with Crippen molar-refractivity contribution in [2.45, 2.75) is 26.0 Å². The number of hydrogen-bond acceptors (Lipinski definition) is 3. The van der Waals surface area contributed by atoms with Crippen LogP contribution in [0, 0.1) is 0 Å². The Morgan fingerprint density at radius 2 is 2.26 bits per heavy atom. The molecule has 0 aliphatic rings. The summed E-state index contributed by atoms with van der Waals surface area (Å²) in [6, 6.07) is 5.39. The highest BCUT2D eigenvalue weighted by molar-refractivity contribution is 6.30. The van der Waals surface area contributed by atoms with Crippen molar-refractivity contribution < 1.29 is 9.84 Å². The Kier molecular flexibility index (Phi) is 4.45. The van der Waals surface area contributed by atoms with Gasteiger partial charge in [0.05, 0.1) is 19.4 Å². The number of methoxy groups -OCH3 is 1. The molecule has 4 nitrogen and oxygen atoms in total. The first kappa shape index (κ1) is 13.9. The van der Waals surface area contributed by atoms with Crippen LogP contribution in [0.4, 0.5) is 0 Å². The smallest absolute Gasteiger partial charge is 0.122 e. The van der Waals surface area contributed by atoms with Gasteiger partial charge in [-0.05, 0) is 30.7 Å². The van der Waals surface area contributed by atoms with E-state index in [-0.39, 0.29) is 0 Å². The lowest BCUT2D eigenvalue weighted by molar-refractivity contribution is 0.177. The zero-order valence-electron chi connectivity index (χ0n) is 11.0. The van der Waals surface area contributed by atoms with E-state index in [9.17, 15) is 5.11 Å². The summed E-state index contributed by atoms with van der Waals surface area (Å²) in [7, 11) is 1.61. The van der Waals surface area contributed by atoms with Crippen LogP contribution in [0.5, 0.6) is 5.75 Å². The van der Waals surface area contributed by atoms with Crippen molar-refractivity contribution in [3.8, 4) is 5.75 Å². The van der Waals surface area contributed by atoms with Crippen molar-refractivity contribution in [1.29, 1.82) is 0 Å². The lowest BCUT2D eigenvalue weighted by Crippen LogP contribution is -2.03. The highest BCUT2D eigenvalue weighted by atomic mass is 35.5. The molecule has 1 N–H and O–H groups in total. The summed E-state index contributed by atoms with van der Waals surface area (Å²) in [5, 5.41) is 15.0. The van der Waals surface area contributed by atoms with Crippen LogP contribution < -0.4 is 4.74 Å². The number of aromatic nitrogens is 2. The first-order chi connectivity index (χ1) is 9.13. The summed E-state index contributed by atoms with van der Waals surface area (Å²) in [4.78, 5) is 0. The summed E-state index contributed by atoms with van der Waals surface area (Å²) in [6.45, 7) is 2.79. The largest absolute Gasteiger partial charge is 0.496 e. The van der Waals surface area contributed by atoms with Crippen molar-refractivity contribution in [3.63, 3.8) is 0 Å². The van der Waals surface area contributed by atoms with Crippen molar-refractivity contribution in [3.05, 3.63) is 46.7 Å². The zero-order chi connectivity index (χ0) is 13.8. The fraction of sp³-hybridized carbons (Fsp3) is 0.357. The maximum absolute atomic E-state index is 10.2. The molecule has 5 heteroatoms. The average Bonchev–Trinajstić information content (AvgIpc) is 2.88. The van der Waals surface area contributed by atoms with E-state index in [4.69, 9.17) is 16.3 Å². The van der Waals surface area contributed by atoms with Crippen LogP contribution in [-0.4, -0.2) is 22.0 Å². The molecule has 0 spiro atoms. The Bertz CT molecular complexity index is 554. The van der Waals surface area contributed by atoms with Gasteiger partial charge in [0.2, 0.25) is 0 Å². The Morgan fingerprint density at radius 3 is 2.89 bits per heavy atom. The first-order valence-electron chi connectivity index (χ1n) is 6.17. The maximum atomic E-state index is 10.2. The van der Waals surface area contributed by atoms with Gasteiger partial charge in [-0.2, -0.15) is 5.10 Å². The van der Waals surface area contributed by atoms with Gasteiger partial charge in [0, 0.05) is 29.7 Å². The van der Waals surface area contributed by atoms with Crippen molar-refractivity contribution in [2.75, 3.05) is 7.11 Å². The summed E-state index contributed by atoms with van der Waals surface area (Å²) < 4.78 is 7.06. The minimum atomic E-state index is -0.618. The maximum Gasteiger partial charge on any atom is 0.122 e. The number of hydrogen-bond donors (Lipinski definition) is 1. The SMILES string of the molecule is CCn1cc(C(O)Cc2cc(Cl)ccc2OC)cn1. The number of ether oxygens (including phenoxy) is 1. The van der Waals surface area contributed by atoms with Crippen LogP contribution in [0.1, 0.15) is 24.2 Å². The molecule has 0 saturated carbocycles. The predicted molar refractivity (Wildman–Crippen MR) is 74.6 cm³/mol. The van der Waals surface area contributed by atoms with E-state index in [1.54, 1.807) is 30.1 Å². The monoisotopic (exact) mass is 280 g/mol. The fourth-order valence-electron chi connectivity index (χ4n) is 1.96. The van der Waals surface area contributed by atoms with Gasteiger partial charge < -0.3 is 9.84 Å². The lowest BCUT2D eigenvalue weighted by atomic mass is 10.0. The standard InChI is InChI=1S/C14H17ClN2O2/c1-3-17-9-11(8-16-17)13(18)7-10-6-12(15)4-5-14(10)19-2/h4-6,8-9,13,18H,3,7H2,1-2H3. The average molecular weight is 281 g/mol. The molecule has 0 saturated heterocycles. The van der Waals surface area contributed by atoms with E-state index in [0.29, 0.717) is 11.4 Å². The highest BCUT2D eigenvalue weighted by Crippen LogP contribution is 2.27. The molecule has 1 aromatic carbocycles. The number of aryl methyl sites for hydroxylation is 1. The van der Waals surface area contributed by atoms with Gasteiger partial charge in [-0.25, -0.2) is 0 Å². The number of halogens is 1. The van der Waals surface area contributed by atoms with E-state index in [2.05, 4.69) is 5.10 Å². The topological polar surface area (TPSA) is 47.3 Å². The van der Waals surface area contributed by atoms with Gasteiger partial charge in [-0.1, -0.05) is 11.6 Å². The van der Waals surface area contributed by atoms with E-state index in [0.717, 1.165) is 23.4 Å². The molecule has 0 bridgehead atoms. The molecule has 2 aromatic rings. The summed E-state index contributed by atoms with van der Waals surface area (Å²) in [6.07, 6.45) is 3.36. The van der Waals surface area contributed by atoms with Gasteiger partial charge in [0.1, 0.15) is 5.75 Å². The molecule has 102 valence electrons. The van der Waals surface area contributed by atoms with E-state index >= 15 is 0 Å². The van der Waals surface area contributed by atoms with Crippen LogP contribution in [0.3, 0.4) is 0 Å². The minimum absolute atomic E-state index is 0.444. The van der Waals surface area contributed by atoms with Gasteiger partial charge in [0.25, 0.3) is 0 Å². The van der Waals surface area contributed by atoms with Gasteiger partial charge >= 0.3 is 0 Å². The first-order valence-corrected chi connectivity index (χ1v) is 6.54. The van der Waals surface area contributed by atoms with Crippen molar-refractivity contribution in [2.24, 2.45) is 0 Å². The molecule has 0 aliphatic heterocycles. The second-order valence-corrected chi connectivity index (χ2v) is 4.74. The fourth-order valence-corrected chi connectivity index (χ4v) is 2.15. The third-order valence-electron chi connectivity index (χ3n) is 3.02. The number of aliphatic hydroxyl groups excluding tert-OH is 1. The second-order valence-electron chi connectivity index (χ2n) is 4.31. The van der Waals surface area contributed by atoms with Gasteiger partial charge in [0.15, 0.2) is 0 Å². The lowest BCUT2D eigenvalue weighted by Gasteiger charge is -2.12. The van der Waals surface area contributed by atoms with Crippen LogP contribution in [0.25, 0.3) is 0 Å². The molecule has 0 amide bonds. The predicted octanol–water partition coefficient (Wildman–Crippen LogP) is 2.84. The van der Waals surface area contributed by atoms with Crippen LogP contribution in [0.2, 0.25) is 5.02 Å². The number of nitrogens with zero attached hydrogens (tertiary/aromatic N) is 2. The number of rotatable bonds is 5. The molecule has 0 aliphatic carbocycles. The quantitative estimate of drug-likeness (QED) is 0.916. The van der Waals surface area contributed by atoms with Crippen LogP contribution in [-0.2, 0) is 13.0 Å². The second kappa shape index (κ2) is 6.08. The summed E-state index contributed by atoms with van der Waals surface area (Å²) in [5.41, 5.74) is 1.68. The van der Waals surface area contributed by atoms with Gasteiger partial charge in [-0.3, -0.25) is 4.68 Å². The molecule has 2 rings (SSSR count). The minimum Gasteiger partial charge on any atom is -0.496 e. The summed E-state index contributed by atoms with van der Waals surface area (Å²) in [5.74, 6) is 0.728. The normalized spacial score (nSPS) is 12.4.